The van der Waals surface area contributed by atoms with Gasteiger partial charge in [0.25, 0.3) is 5.91 Å². The number of benzene rings is 3. The number of nitrogens with zero attached hydrogens (tertiary/aromatic N) is 1. The number of hydrogen-bond donors (Lipinski definition) is 1. The molecule has 0 saturated carbocycles. The molecule has 0 aliphatic heterocycles. The van der Waals surface area contributed by atoms with Gasteiger partial charge < -0.3 is 9.73 Å². The van der Waals surface area contributed by atoms with E-state index >= 15 is 0 Å². The van der Waals surface area contributed by atoms with Crippen LogP contribution in [0.3, 0.4) is 0 Å². The predicted octanol–water partition coefficient (Wildman–Crippen LogP) is 5.40. The third kappa shape index (κ3) is 3.62. The van der Waals surface area contributed by atoms with Gasteiger partial charge in [-0.15, -0.1) is 0 Å². The van der Waals surface area contributed by atoms with Crippen molar-refractivity contribution >= 4 is 11.6 Å². The van der Waals surface area contributed by atoms with E-state index in [0.717, 1.165) is 5.56 Å². The molecule has 27 heavy (non-hydrogen) atoms. The van der Waals surface area contributed by atoms with Crippen molar-refractivity contribution in [3.05, 3.63) is 96.4 Å². The zero-order valence-corrected chi connectivity index (χ0v) is 14.2. The lowest BCUT2D eigenvalue weighted by Crippen LogP contribution is -2.13. The topological polar surface area (TPSA) is 55.1 Å². The lowest BCUT2D eigenvalue weighted by Gasteiger charge is -2.08. The van der Waals surface area contributed by atoms with E-state index < -0.39 is 5.82 Å². The number of nitrogens with one attached hydrogen (secondary N) is 1. The predicted molar refractivity (Wildman–Crippen MR) is 102 cm³/mol. The van der Waals surface area contributed by atoms with E-state index in [1.54, 1.807) is 36.5 Å². The molecule has 4 nitrogen and oxygen atoms in total. The van der Waals surface area contributed by atoms with Crippen LogP contribution in [0.25, 0.3) is 22.8 Å². The molecule has 1 aromatic heterocycles. The molecule has 1 heterocycles. The second kappa shape index (κ2) is 7.25. The summed E-state index contributed by atoms with van der Waals surface area (Å²) in [7, 11) is 0. The Kier molecular flexibility index (Phi) is 4.49. The summed E-state index contributed by atoms with van der Waals surface area (Å²) in [6, 6.07) is 22.4. The zero-order valence-electron chi connectivity index (χ0n) is 14.2. The minimum atomic E-state index is -0.415. The van der Waals surface area contributed by atoms with Crippen LogP contribution in [0.4, 0.5) is 10.1 Å². The van der Waals surface area contributed by atoms with Crippen molar-refractivity contribution in [1.82, 2.24) is 4.98 Å². The molecule has 0 aliphatic rings. The highest BCUT2D eigenvalue weighted by Crippen LogP contribution is 2.28. The number of carbonyl (C=O) groups excluding carboxylic acids is 1. The van der Waals surface area contributed by atoms with E-state index in [4.69, 9.17) is 4.42 Å². The molecular formula is C22H15FN2O2. The first-order valence-electron chi connectivity index (χ1n) is 8.38. The van der Waals surface area contributed by atoms with Crippen LogP contribution in [0, 0.1) is 5.82 Å². The van der Waals surface area contributed by atoms with Crippen LogP contribution in [-0.4, -0.2) is 10.9 Å². The number of anilines is 1. The van der Waals surface area contributed by atoms with E-state index in [1.165, 1.54) is 18.2 Å². The number of rotatable bonds is 4. The maximum Gasteiger partial charge on any atom is 0.256 e. The van der Waals surface area contributed by atoms with Gasteiger partial charge in [0, 0.05) is 16.8 Å². The summed E-state index contributed by atoms with van der Waals surface area (Å²) in [6.45, 7) is 0. The second-order valence-electron chi connectivity index (χ2n) is 5.91. The molecule has 3 aromatic carbocycles. The zero-order chi connectivity index (χ0) is 18.6. The highest BCUT2D eigenvalue weighted by Gasteiger charge is 2.17. The van der Waals surface area contributed by atoms with Crippen LogP contribution in [0.15, 0.2) is 89.5 Å². The molecule has 4 rings (SSSR count). The molecule has 5 heteroatoms. The molecule has 4 aromatic rings. The van der Waals surface area contributed by atoms with Gasteiger partial charge in [-0.25, -0.2) is 9.37 Å². The number of amides is 1. The summed E-state index contributed by atoms with van der Waals surface area (Å²) >= 11 is 0. The Labute approximate surface area is 155 Å². The first-order chi connectivity index (χ1) is 13.2. The average molecular weight is 358 g/mol. The molecule has 0 atom stereocenters. The average Bonchev–Trinajstić information content (AvgIpc) is 3.19. The van der Waals surface area contributed by atoms with Gasteiger partial charge in [-0.3, -0.25) is 4.79 Å². The molecule has 0 spiro atoms. The minimum Gasteiger partial charge on any atom is -0.436 e. The van der Waals surface area contributed by atoms with Crippen LogP contribution in [0.2, 0.25) is 0 Å². The Morgan fingerprint density at radius 1 is 0.926 bits per heavy atom. The van der Waals surface area contributed by atoms with Gasteiger partial charge in [0.05, 0.1) is 11.8 Å². The lowest BCUT2D eigenvalue weighted by molar-refractivity contribution is 0.102. The fourth-order valence-electron chi connectivity index (χ4n) is 2.77. The normalized spacial score (nSPS) is 10.6. The van der Waals surface area contributed by atoms with Crippen molar-refractivity contribution < 1.29 is 13.6 Å². The van der Waals surface area contributed by atoms with Crippen molar-refractivity contribution in [3.63, 3.8) is 0 Å². The molecular weight excluding hydrogens is 343 g/mol. The summed E-state index contributed by atoms with van der Waals surface area (Å²) in [4.78, 5) is 17.0. The van der Waals surface area contributed by atoms with Crippen molar-refractivity contribution in [3.8, 4) is 22.8 Å². The quantitative estimate of drug-likeness (QED) is 0.531. The fraction of sp³-hybridized carbons (Fsp3) is 0. The highest BCUT2D eigenvalue weighted by molar-refractivity contribution is 6.08. The Balaban J connectivity index is 1.65. The van der Waals surface area contributed by atoms with Crippen LogP contribution in [0.1, 0.15) is 10.4 Å². The SMILES string of the molecule is O=C(Nc1cccc(F)c1)c1ccccc1-c1ncc(-c2ccccc2)o1. The Morgan fingerprint density at radius 2 is 1.70 bits per heavy atom. The highest BCUT2D eigenvalue weighted by atomic mass is 19.1. The van der Waals surface area contributed by atoms with Gasteiger partial charge in [-0.1, -0.05) is 48.5 Å². The van der Waals surface area contributed by atoms with Gasteiger partial charge in [-0.2, -0.15) is 0 Å². The molecule has 0 unspecified atom stereocenters. The van der Waals surface area contributed by atoms with Crippen LogP contribution < -0.4 is 5.32 Å². The van der Waals surface area contributed by atoms with E-state index in [1.807, 2.05) is 30.3 Å². The third-order valence-corrected chi connectivity index (χ3v) is 4.05. The molecule has 0 saturated heterocycles. The van der Waals surface area contributed by atoms with Crippen LogP contribution >= 0.6 is 0 Å². The summed E-state index contributed by atoms with van der Waals surface area (Å²) in [5, 5.41) is 2.70. The monoisotopic (exact) mass is 358 g/mol. The summed E-state index contributed by atoms with van der Waals surface area (Å²) in [5.74, 6) is 0.182. The number of oxazole rings is 1. The third-order valence-electron chi connectivity index (χ3n) is 4.05. The fourth-order valence-corrected chi connectivity index (χ4v) is 2.77. The molecule has 0 aliphatic carbocycles. The maximum absolute atomic E-state index is 13.4. The van der Waals surface area contributed by atoms with E-state index in [2.05, 4.69) is 10.3 Å². The van der Waals surface area contributed by atoms with Crippen LogP contribution in [-0.2, 0) is 0 Å². The lowest BCUT2D eigenvalue weighted by atomic mass is 10.1. The maximum atomic E-state index is 13.4. The summed E-state index contributed by atoms with van der Waals surface area (Å²) in [5.41, 5.74) is 2.24. The summed E-state index contributed by atoms with van der Waals surface area (Å²) < 4.78 is 19.2. The molecule has 1 amide bonds. The Hall–Kier alpha value is -3.73. The van der Waals surface area contributed by atoms with Crippen molar-refractivity contribution in [2.24, 2.45) is 0 Å². The van der Waals surface area contributed by atoms with Gasteiger partial charge in [0.2, 0.25) is 5.89 Å². The number of aromatic nitrogens is 1. The van der Waals surface area contributed by atoms with Crippen LogP contribution in [0.5, 0.6) is 0 Å². The first kappa shape index (κ1) is 16.7. The molecule has 0 radical (unpaired) electrons. The Morgan fingerprint density at radius 3 is 2.52 bits per heavy atom. The standard InChI is InChI=1S/C22H15FN2O2/c23-16-9-6-10-17(13-16)25-21(26)18-11-4-5-12-19(18)22-24-14-20(27-22)15-7-2-1-3-8-15/h1-14H,(H,25,26). The number of hydrogen-bond acceptors (Lipinski definition) is 3. The molecule has 0 bridgehead atoms. The minimum absolute atomic E-state index is 0.346. The largest absolute Gasteiger partial charge is 0.436 e. The van der Waals surface area contributed by atoms with Gasteiger partial charge in [0.15, 0.2) is 5.76 Å². The first-order valence-corrected chi connectivity index (χ1v) is 8.38. The second-order valence-corrected chi connectivity index (χ2v) is 5.91. The van der Waals surface area contributed by atoms with E-state index in [0.29, 0.717) is 28.5 Å². The van der Waals surface area contributed by atoms with Crippen molar-refractivity contribution in [2.75, 3.05) is 5.32 Å². The number of halogens is 1. The summed E-state index contributed by atoms with van der Waals surface area (Å²) in [6.07, 6.45) is 1.63. The smallest absolute Gasteiger partial charge is 0.256 e. The molecule has 1 N–H and O–H groups in total. The van der Waals surface area contributed by atoms with E-state index in [-0.39, 0.29) is 5.91 Å². The van der Waals surface area contributed by atoms with Crippen molar-refractivity contribution in [1.29, 1.82) is 0 Å². The molecule has 132 valence electrons. The Bertz CT molecular complexity index is 1090. The van der Waals surface area contributed by atoms with Crippen molar-refractivity contribution in [2.45, 2.75) is 0 Å². The van der Waals surface area contributed by atoms with Gasteiger partial charge >= 0.3 is 0 Å². The number of carbonyl (C=O) groups is 1. The molecule has 0 fully saturated rings. The van der Waals surface area contributed by atoms with E-state index in [9.17, 15) is 9.18 Å². The van der Waals surface area contributed by atoms with Gasteiger partial charge in [-0.05, 0) is 30.3 Å². The van der Waals surface area contributed by atoms with Gasteiger partial charge in [0.1, 0.15) is 5.82 Å².